The highest BCUT2D eigenvalue weighted by atomic mass is 19.4. The fraction of sp³-hybridized carbons (Fsp3) is 0.929. The van der Waals surface area contributed by atoms with Gasteiger partial charge in [0.05, 0.1) is 0 Å². The van der Waals surface area contributed by atoms with Gasteiger partial charge in [0.25, 0.3) is 0 Å². The Kier molecular flexibility index (Phi) is 4.82. The van der Waals surface area contributed by atoms with Crippen LogP contribution in [-0.4, -0.2) is 67.7 Å². The summed E-state index contributed by atoms with van der Waals surface area (Å²) in [5, 5.41) is 2.70. The van der Waals surface area contributed by atoms with Crippen molar-refractivity contribution in [2.24, 2.45) is 5.41 Å². The van der Waals surface area contributed by atoms with Crippen LogP contribution in [-0.2, 0) is 4.79 Å². The number of nitrogens with one attached hydrogen (secondary N) is 1. The molecule has 0 bridgehead atoms. The number of carbonyl (C=O) groups excluding carboxylic acids is 1. The van der Waals surface area contributed by atoms with E-state index < -0.39 is 17.5 Å². The summed E-state index contributed by atoms with van der Waals surface area (Å²) in [6, 6.07) is -0.0832. The lowest BCUT2D eigenvalue weighted by atomic mass is 9.83. The molecule has 1 N–H and O–H groups in total. The molecule has 0 aromatic heterocycles. The summed E-state index contributed by atoms with van der Waals surface area (Å²) in [5.41, 5.74) is -2.23. The number of piperidine rings is 1. The molecule has 1 unspecified atom stereocenters. The van der Waals surface area contributed by atoms with Crippen molar-refractivity contribution in [1.29, 1.82) is 0 Å². The average Bonchev–Trinajstić information content (AvgIpc) is 2.96. The maximum atomic E-state index is 13.4. The Labute approximate surface area is 123 Å². The largest absolute Gasteiger partial charge is 0.404 e. The van der Waals surface area contributed by atoms with Crippen molar-refractivity contribution in [1.82, 2.24) is 15.1 Å². The molecule has 0 aliphatic carbocycles. The first-order valence-corrected chi connectivity index (χ1v) is 7.59. The summed E-state index contributed by atoms with van der Waals surface area (Å²) in [7, 11) is 1.53. The van der Waals surface area contributed by atoms with Gasteiger partial charge in [-0.15, -0.1) is 0 Å². The van der Waals surface area contributed by atoms with Gasteiger partial charge in [-0.2, -0.15) is 13.2 Å². The zero-order chi connectivity index (χ0) is 15.7. The number of likely N-dealkylation sites (tertiary alicyclic amines) is 1. The van der Waals surface area contributed by atoms with Crippen molar-refractivity contribution in [3.63, 3.8) is 0 Å². The van der Waals surface area contributed by atoms with Gasteiger partial charge in [-0.05, 0) is 32.4 Å². The molecule has 2 fully saturated rings. The normalized spacial score (nSPS) is 28.8. The summed E-state index contributed by atoms with van der Waals surface area (Å²) in [6.45, 7) is 4.64. The smallest absolute Gasteiger partial charge is 0.342 e. The molecular weight excluding hydrogens is 283 g/mol. The Hall–Kier alpha value is -0.820. The van der Waals surface area contributed by atoms with Gasteiger partial charge in [-0.1, -0.05) is 6.92 Å². The molecule has 1 amide bonds. The van der Waals surface area contributed by atoms with E-state index in [9.17, 15) is 18.0 Å². The summed E-state index contributed by atoms with van der Waals surface area (Å²) in [5.74, 6) is -0.769. The summed E-state index contributed by atoms with van der Waals surface area (Å²) in [4.78, 5) is 16.1. The number of hydrogen-bond acceptors (Lipinski definition) is 3. The predicted octanol–water partition coefficient (Wildman–Crippen LogP) is 1.47. The van der Waals surface area contributed by atoms with E-state index in [-0.39, 0.29) is 25.6 Å². The van der Waals surface area contributed by atoms with Crippen molar-refractivity contribution < 1.29 is 18.0 Å². The topological polar surface area (TPSA) is 35.6 Å². The lowest BCUT2D eigenvalue weighted by Gasteiger charge is -2.40. The third-order valence-corrected chi connectivity index (χ3v) is 4.98. The Balaban J connectivity index is 2.08. The molecule has 7 heteroatoms. The van der Waals surface area contributed by atoms with Crippen LogP contribution < -0.4 is 5.32 Å². The second-order valence-electron chi connectivity index (χ2n) is 6.09. The van der Waals surface area contributed by atoms with Crippen LogP contribution >= 0.6 is 0 Å². The van der Waals surface area contributed by atoms with Crippen molar-refractivity contribution >= 4 is 5.91 Å². The third-order valence-electron chi connectivity index (χ3n) is 4.98. The van der Waals surface area contributed by atoms with Crippen LogP contribution in [0.4, 0.5) is 13.2 Å². The first-order chi connectivity index (χ1) is 9.82. The van der Waals surface area contributed by atoms with Gasteiger partial charge in [-0.3, -0.25) is 4.79 Å². The van der Waals surface area contributed by atoms with Gasteiger partial charge in [0.2, 0.25) is 5.91 Å². The first-order valence-electron chi connectivity index (χ1n) is 7.59. The monoisotopic (exact) mass is 307 g/mol. The van der Waals surface area contributed by atoms with Crippen LogP contribution in [0.1, 0.15) is 26.2 Å². The summed E-state index contributed by atoms with van der Waals surface area (Å²) >= 11 is 0. The van der Waals surface area contributed by atoms with E-state index in [2.05, 4.69) is 17.1 Å². The number of hydrogen-bond donors (Lipinski definition) is 1. The van der Waals surface area contributed by atoms with Crippen molar-refractivity contribution in [3.05, 3.63) is 0 Å². The summed E-state index contributed by atoms with van der Waals surface area (Å²) < 4.78 is 40.2. The number of carbonyl (C=O) groups is 1. The van der Waals surface area contributed by atoms with Gasteiger partial charge in [0, 0.05) is 32.7 Å². The van der Waals surface area contributed by atoms with E-state index in [4.69, 9.17) is 0 Å². The van der Waals surface area contributed by atoms with Crippen LogP contribution in [0.25, 0.3) is 0 Å². The molecule has 122 valence electrons. The van der Waals surface area contributed by atoms with Gasteiger partial charge in [0.15, 0.2) is 5.41 Å². The highest BCUT2D eigenvalue weighted by Crippen LogP contribution is 2.44. The van der Waals surface area contributed by atoms with E-state index in [1.807, 2.05) is 0 Å². The number of halogens is 3. The molecule has 0 aromatic carbocycles. The summed E-state index contributed by atoms with van der Waals surface area (Å²) in [6.07, 6.45) is -3.16. The fourth-order valence-corrected chi connectivity index (χ4v) is 3.36. The molecule has 0 saturated carbocycles. The minimum Gasteiger partial charge on any atom is -0.342 e. The van der Waals surface area contributed by atoms with Crippen LogP contribution in [0.2, 0.25) is 0 Å². The highest BCUT2D eigenvalue weighted by Gasteiger charge is 2.62. The Morgan fingerprint density at radius 1 is 1.38 bits per heavy atom. The van der Waals surface area contributed by atoms with Gasteiger partial charge < -0.3 is 15.1 Å². The quantitative estimate of drug-likeness (QED) is 0.858. The van der Waals surface area contributed by atoms with Gasteiger partial charge in [-0.25, -0.2) is 0 Å². The van der Waals surface area contributed by atoms with Crippen molar-refractivity contribution in [3.8, 4) is 0 Å². The minimum absolute atomic E-state index is 0.0832. The molecule has 0 aromatic rings. The molecule has 0 spiro atoms. The Bertz CT molecular complexity index is 372. The standard InChI is InChI=1S/C14H24F3N3O/c1-3-20-8-4-11(5-9-20)19(2)12(21)13(14(15,16)17)6-7-18-10-13/h11,18H,3-10H2,1-2H3. The zero-order valence-electron chi connectivity index (χ0n) is 12.7. The van der Waals surface area contributed by atoms with Crippen LogP contribution in [0.5, 0.6) is 0 Å². The molecule has 0 radical (unpaired) electrons. The SMILES string of the molecule is CCN1CCC(N(C)C(=O)C2(C(F)(F)F)CCNC2)CC1. The van der Waals surface area contributed by atoms with E-state index in [1.54, 1.807) is 0 Å². The highest BCUT2D eigenvalue weighted by molar-refractivity contribution is 5.84. The van der Waals surface area contributed by atoms with Gasteiger partial charge in [0.1, 0.15) is 0 Å². The van der Waals surface area contributed by atoms with E-state index in [0.717, 1.165) is 32.5 Å². The molecule has 2 heterocycles. The number of rotatable bonds is 3. The second kappa shape index (κ2) is 6.12. The average molecular weight is 307 g/mol. The lowest BCUT2D eigenvalue weighted by Crippen LogP contribution is -2.56. The molecule has 1 atom stereocenters. The lowest BCUT2D eigenvalue weighted by molar-refractivity contribution is -0.222. The van der Waals surface area contributed by atoms with Crippen molar-refractivity contribution in [2.75, 3.05) is 39.8 Å². The van der Waals surface area contributed by atoms with Crippen molar-refractivity contribution in [2.45, 2.75) is 38.4 Å². The number of alkyl halides is 3. The third kappa shape index (κ3) is 3.04. The molecule has 2 rings (SSSR count). The molecule has 2 saturated heterocycles. The molecular formula is C14H24F3N3O. The van der Waals surface area contributed by atoms with E-state index >= 15 is 0 Å². The maximum absolute atomic E-state index is 13.4. The molecule has 2 aliphatic rings. The number of amides is 1. The fourth-order valence-electron chi connectivity index (χ4n) is 3.36. The predicted molar refractivity (Wildman–Crippen MR) is 73.9 cm³/mol. The zero-order valence-corrected chi connectivity index (χ0v) is 12.7. The first kappa shape index (κ1) is 16.5. The van der Waals surface area contributed by atoms with E-state index in [0.29, 0.717) is 0 Å². The van der Waals surface area contributed by atoms with E-state index in [1.165, 1.54) is 11.9 Å². The Morgan fingerprint density at radius 3 is 2.43 bits per heavy atom. The second-order valence-corrected chi connectivity index (χ2v) is 6.09. The maximum Gasteiger partial charge on any atom is 0.404 e. The van der Waals surface area contributed by atoms with Gasteiger partial charge >= 0.3 is 6.18 Å². The number of nitrogens with zero attached hydrogens (tertiary/aromatic N) is 2. The minimum atomic E-state index is -4.49. The molecule has 2 aliphatic heterocycles. The molecule has 21 heavy (non-hydrogen) atoms. The Morgan fingerprint density at radius 2 is 2.00 bits per heavy atom. The molecule has 4 nitrogen and oxygen atoms in total. The van der Waals surface area contributed by atoms with Crippen LogP contribution in [0, 0.1) is 5.41 Å². The van der Waals surface area contributed by atoms with Crippen LogP contribution in [0.3, 0.4) is 0 Å². The van der Waals surface area contributed by atoms with Crippen LogP contribution in [0.15, 0.2) is 0 Å².